The summed E-state index contributed by atoms with van der Waals surface area (Å²) in [5, 5.41) is 0. The van der Waals surface area contributed by atoms with Gasteiger partial charge in [-0.15, -0.1) is 6.58 Å². The van der Waals surface area contributed by atoms with Crippen molar-refractivity contribution in [1.82, 2.24) is 0 Å². The maximum absolute atomic E-state index is 3.56. The molecule has 2 rings (SSSR count). The number of allylic oxidation sites excluding steroid dienone is 1. The van der Waals surface area contributed by atoms with Crippen LogP contribution in [0, 0.1) is 18.3 Å². The first-order chi connectivity index (χ1) is 11.5. The Balaban J connectivity index is 0. The van der Waals surface area contributed by atoms with E-state index in [0.29, 0.717) is 5.41 Å². The van der Waals surface area contributed by atoms with Gasteiger partial charge in [0.2, 0.25) is 0 Å². The first kappa shape index (κ1) is 26.0. The van der Waals surface area contributed by atoms with E-state index in [-0.39, 0.29) is 0 Å². The van der Waals surface area contributed by atoms with Crippen LogP contribution in [0.4, 0.5) is 5.69 Å². The third-order valence-electron chi connectivity index (χ3n) is 3.18. The van der Waals surface area contributed by atoms with E-state index in [9.17, 15) is 0 Å². The first-order valence-corrected chi connectivity index (χ1v) is 9.92. The zero-order valence-electron chi connectivity index (χ0n) is 18.9. The van der Waals surface area contributed by atoms with Crippen molar-refractivity contribution in [3.63, 3.8) is 0 Å². The highest BCUT2D eigenvalue weighted by molar-refractivity contribution is 5.47. The lowest BCUT2D eigenvalue weighted by Gasteiger charge is -2.32. The highest BCUT2D eigenvalue weighted by Crippen LogP contribution is 2.22. The number of aryl methyl sites for hydroxylation is 1. The second kappa shape index (κ2) is 14.0. The number of benzene rings is 1. The van der Waals surface area contributed by atoms with Crippen LogP contribution in [-0.2, 0) is 0 Å². The van der Waals surface area contributed by atoms with E-state index < -0.39 is 0 Å². The van der Waals surface area contributed by atoms with Crippen LogP contribution in [0.1, 0.15) is 80.7 Å². The van der Waals surface area contributed by atoms with E-state index in [0.717, 1.165) is 5.92 Å². The Bertz CT molecular complexity index is 418. The molecule has 0 aromatic heterocycles. The highest BCUT2D eigenvalue weighted by Gasteiger charge is 2.15. The van der Waals surface area contributed by atoms with Gasteiger partial charge < -0.3 is 4.90 Å². The maximum Gasteiger partial charge on any atom is 0.0366 e. The van der Waals surface area contributed by atoms with Crippen LogP contribution in [0.3, 0.4) is 0 Å². The molecule has 1 nitrogen and oxygen atoms in total. The van der Waals surface area contributed by atoms with Gasteiger partial charge in [-0.2, -0.15) is 0 Å². The minimum absolute atomic E-state index is 0.500. The fourth-order valence-corrected chi connectivity index (χ4v) is 2.02. The summed E-state index contributed by atoms with van der Waals surface area (Å²) in [7, 11) is 0. The number of anilines is 1. The van der Waals surface area contributed by atoms with Gasteiger partial charge in [0.15, 0.2) is 0 Å². The van der Waals surface area contributed by atoms with Gasteiger partial charge in [-0.05, 0) is 57.1 Å². The molecule has 0 bridgehead atoms. The monoisotopic (exact) mass is 347 g/mol. The molecule has 0 radical (unpaired) electrons. The Morgan fingerprint density at radius 3 is 1.60 bits per heavy atom. The molecule has 25 heavy (non-hydrogen) atoms. The molecule has 1 fully saturated rings. The van der Waals surface area contributed by atoms with E-state index in [1.165, 1.54) is 42.8 Å². The molecule has 1 aliphatic rings. The van der Waals surface area contributed by atoms with Crippen LogP contribution in [0.2, 0.25) is 0 Å². The molecule has 0 atom stereocenters. The third kappa shape index (κ3) is 18.9. The molecule has 1 heterocycles. The predicted molar refractivity (Wildman–Crippen MR) is 119 cm³/mol. The molecule has 0 N–H and O–H groups in total. The van der Waals surface area contributed by atoms with Gasteiger partial charge in [0.1, 0.15) is 0 Å². The lowest BCUT2D eigenvalue weighted by molar-refractivity contribution is 0.438. The van der Waals surface area contributed by atoms with Crippen molar-refractivity contribution in [2.24, 2.45) is 11.3 Å². The molecule has 1 heteroatoms. The molecule has 0 unspecified atom stereocenters. The Labute approximate surface area is 159 Å². The van der Waals surface area contributed by atoms with E-state index in [1.807, 2.05) is 27.7 Å². The molecule has 1 aromatic rings. The number of hydrogen-bond donors (Lipinski definition) is 0. The second-order valence-corrected chi connectivity index (χ2v) is 8.71. The van der Waals surface area contributed by atoms with E-state index in [4.69, 9.17) is 0 Å². The van der Waals surface area contributed by atoms with Crippen LogP contribution in [-0.4, -0.2) is 13.1 Å². The van der Waals surface area contributed by atoms with Crippen molar-refractivity contribution in [3.05, 3.63) is 42.0 Å². The maximum atomic E-state index is 3.56. The predicted octanol–water partition coefficient (Wildman–Crippen LogP) is 7.89. The minimum Gasteiger partial charge on any atom is -0.372 e. The Morgan fingerprint density at radius 2 is 1.28 bits per heavy atom. The minimum atomic E-state index is 0.500. The summed E-state index contributed by atoms with van der Waals surface area (Å²) in [6.07, 6.45) is 2.68. The fourth-order valence-electron chi connectivity index (χ4n) is 2.02. The van der Waals surface area contributed by atoms with Gasteiger partial charge in [0, 0.05) is 18.8 Å². The quantitative estimate of drug-likeness (QED) is 0.467. The largest absolute Gasteiger partial charge is 0.372 e. The summed E-state index contributed by atoms with van der Waals surface area (Å²) >= 11 is 0. The summed E-state index contributed by atoms with van der Waals surface area (Å²) in [5.74, 6) is 0.914. The SMILES string of the molecule is C=C(C)C.CC.CC(C)(C)C.Cc1ccc(N2CCC(C)CC2)cc1. The normalized spacial score (nSPS) is 14.1. The van der Waals surface area contributed by atoms with E-state index in [2.05, 4.69) is 77.3 Å². The summed E-state index contributed by atoms with van der Waals surface area (Å²) < 4.78 is 0. The van der Waals surface area contributed by atoms with Crippen LogP contribution in [0.15, 0.2) is 36.4 Å². The molecule has 146 valence electrons. The summed E-state index contributed by atoms with van der Waals surface area (Å²) in [6.45, 7) is 27.2. The molecule has 0 saturated carbocycles. The zero-order chi connectivity index (χ0) is 20.0. The van der Waals surface area contributed by atoms with Crippen LogP contribution in [0.25, 0.3) is 0 Å². The van der Waals surface area contributed by atoms with Crippen LogP contribution >= 0.6 is 0 Å². The highest BCUT2D eigenvalue weighted by atomic mass is 15.1. The lowest BCUT2D eigenvalue weighted by Crippen LogP contribution is -2.32. The Morgan fingerprint density at radius 1 is 0.960 bits per heavy atom. The summed E-state index contributed by atoms with van der Waals surface area (Å²) in [4.78, 5) is 2.50. The van der Waals surface area contributed by atoms with E-state index >= 15 is 0 Å². The molecule has 1 aliphatic heterocycles. The smallest absolute Gasteiger partial charge is 0.0366 e. The molecule has 0 aliphatic carbocycles. The molecule has 0 spiro atoms. The third-order valence-corrected chi connectivity index (χ3v) is 3.18. The molecular formula is C24H45N. The van der Waals surface area contributed by atoms with Crippen molar-refractivity contribution in [3.8, 4) is 0 Å². The standard InChI is InChI=1S/C13H19N.C5H12.C4H8.C2H6/c1-11-3-5-13(6-4-11)14-9-7-12(2)8-10-14;1-5(2,3)4;1-4(2)3;1-2/h3-6,12H,7-10H2,1-2H3;1-4H3;1H2,2-3H3;1-2H3. The Kier molecular flexibility index (Phi) is 14.5. The molecule has 1 aromatic carbocycles. The van der Waals surface area contributed by atoms with Gasteiger partial charge in [0.05, 0.1) is 0 Å². The van der Waals surface area contributed by atoms with Crippen molar-refractivity contribution in [2.75, 3.05) is 18.0 Å². The average Bonchev–Trinajstić information content (AvgIpc) is 2.49. The number of rotatable bonds is 1. The van der Waals surface area contributed by atoms with Crippen molar-refractivity contribution >= 4 is 5.69 Å². The number of nitrogens with zero attached hydrogens (tertiary/aromatic N) is 1. The van der Waals surface area contributed by atoms with Gasteiger partial charge >= 0.3 is 0 Å². The lowest BCUT2D eigenvalue weighted by atomic mass is 9.99. The number of hydrogen-bond acceptors (Lipinski definition) is 1. The topological polar surface area (TPSA) is 3.24 Å². The first-order valence-electron chi connectivity index (χ1n) is 9.92. The average molecular weight is 348 g/mol. The fraction of sp³-hybridized carbons (Fsp3) is 0.667. The molecule has 1 saturated heterocycles. The van der Waals surface area contributed by atoms with Gasteiger partial charge in [-0.1, -0.05) is 71.7 Å². The van der Waals surface area contributed by atoms with Crippen molar-refractivity contribution in [2.45, 2.75) is 82.1 Å². The zero-order valence-corrected chi connectivity index (χ0v) is 18.9. The van der Waals surface area contributed by atoms with E-state index in [1.54, 1.807) is 0 Å². The van der Waals surface area contributed by atoms with Crippen molar-refractivity contribution in [1.29, 1.82) is 0 Å². The molecule has 0 amide bonds. The van der Waals surface area contributed by atoms with Crippen LogP contribution in [0.5, 0.6) is 0 Å². The number of piperidine rings is 1. The Hall–Kier alpha value is -1.24. The van der Waals surface area contributed by atoms with Crippen molar-refractivity contribution < 1.29 is 0 Å². The van der Waals surface area contributed by atoms with Gasteiger partial charge in [-0.25, -0.2) is 0 Å². The molecular weight excluding hydrogens is 302 g/mol. The summed E-state index contributed by atoms with van der Waals surface area (Å²) in [6, 6.07) is 8.89. The van der Waals surface area contributed by atoms with Gasteiger partial charge in [-0.3, -0.25) is 0 Å². The second-order valence-electron chi connectivity index (χ2n) is 8.71. The summed E-state index contributed by atoms with van der Waals surface area (Å²) in [5.41, 5.74) is 4.40. The van der Waals surface area contributed by atoms with Crippen LogP contribution < -0.4 is 4.90 Å². The van der Waals surface area contributed by atoms with Gasteiger partial charge in [0.25, 0.3) is 0 Å².